The van der Waals surface area contributed by atoms with Crippen LogP contribution < -0.4 is 5.32 Å². The van der Waals surface area contributed by atoms with Crippen molar-refractivity contribution < 1.29 is 0 Å². The zero-order valence-electron chi connectivity index (χ0n) is 14.0. The van der Waals surface area contributed by atoms with Crippen LogP contribution in [0.25, 0.3) is 0 Å². The first-order valence-electron chi connectivity index (χ1n) is 9.19. The number of unbranched alkanes of at least 4 members (excludes halogenated alkanes) is 9. The van der Waals surface area contributed by atoms with Gasteiger partial charge in [0.1, 0.15) is 0 Å². The van der Waals surface area contributed by atoms with Gasteiger partial charge in [-0.05, 0) is 24.6 Å². The van der Waals surface area contributed by atoms with Crippen LogP contribution >= 0.6 is 11.8 Å². The van der Waals surface area contributed by atoms with Crippen molar-refractivity contribution in [2.45, 2.75) is 90.5 Å². The fourth-order valence-corrected chi connectivity index (χ4v) is 4.75. The second-order valence-corrected chi connectivity index (χ2v) is 7.51. The molecular weight excluding hydrogens is 262 g/mol. The van der Waals surface area contributed by atoms with E-state index in [1.54, 1.807) is 0 Å². The molecule has 0 radical (unpaired) electrons. The molecule has 2 unspecified atom stereocenters. The fraction of sp³-hybridized carbons (Fsp3) is 1.00. The summed E-state index contributed by atoms with van der Waals surface area (Å²) in [5, 5.41) is 3.66. The van der Waals surface area contributed by atoms with E-state index in [0.717, 1.165) is 18.5 Å². The van der Waals surface area contributed by atoms with Gasteiger partial charge in [-0.2, -0.15) is 11.8 Å². The van der Waals surface area contributed by atoms with Crippen LogP contribution in [0.4, 0.5) is 0 Å². The highest BCUT2D eigenvalue weighted by molar-refractivity contribution is 7.99. The third-order valence-electron chi connectivity index (χ3n) is 4.59. The van der Waals surface area contributed by atoms with E-state index in [-0.39, 0.29) is 0 Å². The summed E-state index contributed by atoms with van der Waals surface area (Å²) in [6.07, 6.45) is 16.0. The molecule has 0 aromatic carbocycles. The largest absolute Gasteiger partial charge is 0.313 e. The molecule has 1 aliphatic rings. The highest BCUT2D eigenvalue weighted by Gasteiger charge is 2.25. The molecule has 2 atom stereocenters. The van der Waals surface area contributed by atoms with E-state index < -0.39 is 0 Å². The van der Waals surface area contributed by atoms with Crippen molar-refractivity contribution in [1.82, 2.24) is 5.32 Å². The molecule has 1 saturated heterocycles. The minimum absolute atomic E-state index is 0.809. The lowest BCUT2D eigenvalue weighted by Crippen LogP contribution is -2.35. The smallest absolute Gasteiger partial charge is 0.0194 e. The Kier molecular flexibility index (Phi) is 11.9. The zero-order valence-corrected chi connectivity index (χ0v) is 14.8. The van der Waals surface area contributed by atoms with Gasteiger partial charge in [-0.3, -0.25) is 0 Å². The van der Waals surface area contributed by atoms with Gasteiger partial charge in [0.25, 0.3) is 0 Å². The van der Waals surface area contributed by atoms with Crippen LogP contribution in [-0.2, 0) is 0 Å². The molecule has 0 bridgehead atoms. The van der Waals surface area contributed by atoms with E-state index in [1.165, 1.54) is 82.1 Å². The van der Waals surface area contributed by atoms with Gasteiger partial charge in [-0.25, -0.2) is 0 Å². The molecule has 1 rings (SSSR count). The molecule has 0 spiro atoms. The van der Waals surface area contributed by atoms with Crippen molar-refractivity contribution >= 4 is 11.8 Å². The Bertz CT molecular complexity index is 208. The first-order valence-corrected chi connectivity index (χ1v) is 10.3. The average molecular weight is 300 g/mol. The Balaban J connectivity index is 1.84. The summed E-state index contributed by atoms with van der Waals surface area (Å²) in [5.74, 6) is 3.69. The van der Waals surface area contributed by atoms with Gasteiger partial charge in [0.15, 0.2) is 0 Å². The van der Waals surface area contributed by atoms with Gasteiger partial charge in [0.05, 0.1) is 0 Å². The Labute approximate surface area is 132 Å². The lowest BCUT2D eigenvalue weighted by molar-refractivity contribution is 0.394. The number of rotatable bonds is 13. The summed E-state index contributed by atoms with van der Waals surface area (Å²) < 4.78 is 0. The van der Waals surface area contributed by atoms with Gasteiger partial charge < -0.3 is 5.32 Å². The molecule has 1 N–H and O–H groups in total. The van der Waals surface area contributed by atoms with Crippen molar-refractivity contribution in [3.8, 4) is 0 Å². The zero-order chi connectivity index (χ0) is 14.5. The number of nitrogens with one attached hydrogen (secondary N) is 1. The Morgan fingerprint density at radius 1 is 0.800 bits per heavy atom. The summed E-state index contributed by atoms with van der Waals surface area (Å²) >= 11 is 2.15. The van der Waals surface area contributed by atoms with Gasteiger partial charge >= 0.3 is 0 Å². The molecule has 1 heterocycles. The summed E-state index contributed by atoms with van der Waals surface area (Å²) in [5.41, 5.74) is 0. The minimum atomic E-state index is 0.809. The maximum absolute atomic E-state index is 3.66. The van der Waals surface area contributed by atoms with Crippen molar-refractivity contribution in [3.63, 3.8) is 0 Å². The fourth-order valence-electron chi connectivity index (χ4n) is 3.26. The molecule has 20 heavy (non-hydrogen) atoms. The Morgan fingerprint density at radius 2 is 1.40 bits per heavy atom. The summed E-state index contributed by atoms with van der Waals surface area (Å²) in [4.78, 5) is 0. The molecular formula is C18H37NS. The lowest BCUT2D eigenvalue weighted by atomic mass is 9.96. The SMILES string of the molecule is CCCCCCCCCCCCC1CSCC1NCC. The van der Waals surface area contributed by atoms with E-state index >= 15 is 0 Å². The molecule has 0 aliphatic carbocycles. The van der Waals surface area contributed by atoms with E-state index in [2.05, 4.69) is 30.9 Å². The maximum atomic E-state index is 3.66. The van der Waals surface area contributed by atoms with Crippen LogP contribution in [0.3, 0.4) is 0 Å². The molecule has 0 aromatic rings. The quantitative estimate of drug-likeness (QED) is 0.442. The van der Waals surface area contributed by atoms with Gasteiger partial charge in [-0.15, -0.1) is 0 Å². The van der Waals surface area contributed by atoms with Gasteiger partial charge in [0.2, 0.25) is 0 Å². The van der Waals surface area contributed by atoms with E-state index in [9.17, 15) is 0 Å². The van der Waals surface area contributed by atoms with Crippen LogP contribution in [0.2, 0.25) is 0 Å². The Hall–Kier alpha value is 0.310. The molecule has 1 fully saturated rings. The number of hydrogen-bond donors (Lipinski definition) is 1. The van der Waals surface area contributed by atoms with Crippen molar-refractivity contribution in [1.29, 1.82) is 0 Å². The van der Waals surface area contributed by atoms with Crippen LogP contribution in [0.15, 0.2) is 0 Å². The van der Waals surface area contributed by atoms with Crippen LogP contribution in [0, 0.1) is 5.92 Å². The Morgan fingerprint density at radius 3 is 2.00 bits per heavy atom. The standard InChI is InChI=1S/C18H37NS/c1-3-5-6-7-8-9-10-11-12-13-14-17-15-20-16-18(17)19-4-2/h17-19H,3-16H2,1-2H3. The maximum Gasteiger partial charge on any atom is 0.0194 e. The topological polar surface area (TPSA) is 12.0 Å². The molecule has 120 valence electrons. The molecule has 1 aliphatic heterocycles. The third kappa shape index (κ3) is 8.56. The molecule has 2 heteroatoms. The number of hydrogen-bond acceptors (Lipinski definition) is 2. The molecule has 0 aromatic heterocycles. The number of thioether (sulfide) groups is 1. The molecule has 0 amide bonds. The van der Waals surface area contributed by atoms with Crippen molar-refractivity contribution in [2.24, 2.45) is 5.92 Å². The highest BCUT2D eigenvalue weighted by Crippen LogP contribution is 2.28. The molecule has 1 nitrogen and oxygen atoms in total. The summed E-state index contributed by atoms with van der Waals surface area (Å²) in [6, 6.07) is 0.809. The van der Waals surface area contributed by atoms with E-state index in [0.29, 0.717) is 0 Å². The first kappa shape index (κ1) is 18.4. The van der Waals surface area contributed by atoms with Gasteiger partial charge in [-0.1, -0.05) is 78.1 Å². The molecule has 0 saturated carbocycles. The second-order valence-electron chi connectivity index (χ2n) is 6.43. The van der Waals surface area contributed by atoms with Crippen molar-refractivity contribution in [2.75, 3.05) is 18.1 Å². The highest BCUT2D eigenvalue weighted by atomic mass is 32.2. The van der Waals surface area contributed by atoms with E-state index in [4.69, 9.17) is 0 Å². The predicted molar refractivity (Wildman–Crippen MR) is 94.7 cm³/mol. The van der Waals surface area contributed by atoms with E-state index in [1.807, 2.05) is 0 Å². The van der Waals surface area contributed by atoms with Gasteiger partial charge in [0, 0.05) is 11.8 Å². The third-order valence-corrected chi connectivity index (χ3v) is 5.85. The second kappa shape index (κ2) is 13.0. The average Bonchev–Trinajstić information content (AvgIpc) is 2.89. The normalized spacial score (nSPS) is 22.5. The predicted octanol–water partition coefficient (Wildman–Crippen LogP) is 5.64. The minimum Gasteiger partial charge on any atom is -0.313 e. The van der Waals surface area contributed by atoms with Crippen LogP contribution in [0.1, 0.15) is 84.5 Å². The van der Waals surface area contributed by atoms with Crippen LogP contribution in [0.5, 0.6) is 0 Å². The van der Waals surface area contributed by atoms with Crippen LogP contribution in [-0.4, -0.2) is 24.1 Å². The summed E-state index contributed by atoms with van der Waals surface area (Å²) in [6.45, 7) is 5.67. The first-order chi connectivity index (χ1) is 9.88. The summed E-state index contributed by atoms with van der Waals surface area (Å²) in [7, 11) is 0. The lowest BCUT2D eigenvalue weighted by Gasteiger charge is -2.19. The monoisotopic (exact) mass is 299 g/mol. The van der Waals surface area contributed by atoms with Crippen molar-refractivity contribution in [3.05, 3.63) is 0 Å².